The number of hydrogen-bond donors (Lipinski definition) is 1. The number of benzene rings is 2. The lowest BCUT2D eigenvalue weighted by Gasteiger charge is -2.07. The van der Waals surface area contributed by atoms with Crippen LogP contribution in [0.3, 0.4) is 0 Å². The molecular weight excluding hydrogens is 355 g/mol. The van der Waals surface area contributed by atoms with E-state index < -0.39 is 34.3 Å². The van der Waals surface area contributed by atoms with E-state index in [1.807, 2.05) is 19.1 Å². The smallest absolute Gasteiger partial charge is 0.279 e. The molecule has 0 unspecified atom stereocenters. The van der Waals surface area contributed by atoms with E-state index in [0.717, 1.165) is 34.5 Å². The first kappa shape index (κ1) is 17.1. The molecule has 0 aliphatic carbocycles. The summed E-state index contributed by atoms with van der Waals surface area (Å²) in [7, 11) is 0. The van der Waals surface area contributed by atoms with Crippen LogP contribution in [0.25, 0.3) is 27.8 Å². The van der Waals surface area contributed by atoms with Gasteiger partial charge in [0.2, 0.25) is 0 Å². The summed E-state index contributed by atoms with van der Waals surface area (Å²) in [5, 5.41) is 3.00. The zero-order valence-corrected chi connectivity index (χ0v) is 14.5. The maximum Gasteiger partial charge on any atom is 0.279 e. The van der Waals surface area contributed by atoms with Gasteiger partial charge in [-0.2, -0.15) is 0 Å². The van der Waals surface area contributed by atoms with Gasteiger partial charge in [0.1, 0.15) is 11.5 Å². The predicted octanol–water partition coefficient (Wildman–Crippen LogP) is 4.41. The topological polar surface area (TPSA) is 50.7 Å². The van der Waals surface area contributed by atoms with Gasteiger partial charge in [0, 0.05) is 23.4 Å². The molecule has 0 spiro atoms. The number of aromatic nitrogens is 3. The van der Waals surface area contributed by atoms with E-state index in [4.69, 9.17) is 0 Å². The van der Waals surface area contributed by atoms with Gasteiger partial charge in [-0.1, -0.05) is 12.1 Å². The summed E-state index contributed by atoms with van der Waals surface area (Å²) in [5.74, 6) is -3.54. The largest absolute Gasteiger partial charge is 0.290 e. The molecule has 7 heteroatoms. The number of hydrogen-bond acceptors (Lipinski definition) is 2. The van der Waals surface area contributed by atoms with Gasteiger partial charge in [-0.05, 0) is 37.6 Å². The number of pyridine rings is 1. The average Bonchev–Trinajstić information content (AvgIpc) is 2.99. The fraction of sp³-hybridized carbons (Fsp3) is 0.100. The van der Waals surface area contributed by atoms with E-state index in [9.17, 15) is 18.0 Å². The maximum atomic E-state index is 14.3. The van der Waals surface area contributed by atoms with Crippen LogP contribution < -0.4 is 5.56 Å². The summed E-state index contributed by atoms with van der Waals surface area (Å²) in [4.78, 5) is 16.9. The molecule has 0 bridgehead atoms. The molecule has 4 nitrogen and oxygen atoms in total. The van der Waals surface area contributed by atoms with Crippen molar-refractivity contribution in [3.8, 4) is 16.9 Å². The summed E-state index contributed by atoms with van der Waals surface area (Å²) in [6.45, 7) is 3.04. The summed E-state index contributed by atoms with van der Waals surface area (Å²) >= 11 is 0. The quantitative estimate of drug-likeness (QED) is 0.532. The Kier molecular flexibility index (Phi) is 3.87. The second kappa shape index (κ2) is 6.12. The van der Waals surface area contributed by atoms with Crippen LogP contribution in [0.1, 0.15) is 11.1 Å². The van der Waals surface area contributed by atoms with E-state index in [1.54, 1.807) is 24.4 Å². The van der Waals surface area contributed by atoms with E-state index >= 15 is 0 Å². The lowest BCUT2D eigenvalue weighted by Crippen LogP contribution is -2.17. The number of nitrogens with zero attached hydrogens (tertiary/aromatic N) is 2. The van der Waals surface area contributed by atoms with E-state index in [2.05, 4.69) is 10.1 Å². The van der Waals surface area contributed by atoms with Crippen LogP contribution in [0.5, 0.6) is 0 Å². The molecule has 0 saturated carbocycles. The van der Waals surface area contributed by atoms with Crippen LogP contribution in [-0.2, 0) is 0 Å². The molecule has 0 fully saturated rings. The van der Waals surface area contributed by atoms with Crippen molar-refractivity contribution < 1.29 is 13.2 Å². The van der Waals surface area contributed by atoms with Crippen molar-refractivity contribution >= 4 is 10.9 Å². The molecule has 0 aliphatic heterocycles. The van der Waals surface area contributed by atoms with Crippen LogP contribution in [0.15, 0.2) is 47.4 Å². The van der Waals surface area contributed by atoms with Gasteiger partial charge in [0.25, 0.3) is 5.56 Å². The lowest BCUT2D eigenvalue weighted by atomic mass is 10.1. The average molecular weight is 369 g/mol. The van der Waals surface area contributed by atoms with E-state index in [-0.39, 0.29) is 5.39 Å². The van der Waals surface area contributed by atoms with Crippen molar-refractivity contribution in [2.24, 2.45) is 0 Å². The molecule has 0 atom stereocenters. The Bertz CT molecular complexity index is 1260. The third kappa shape index (κ3) is 2.63. The fourth-order valence-corrected chi connectivity index (χ4v) is 3.06. The highest BCUT2D eigenvalue weighted by atomic mass is 19.2. The second-order valence-corrected chi connectivity index (χ2v) is 6.31. The Morgan fingerprint density at radius 1 is 1.04 bits per heavy atom. The van der Waals surface area contributed by atoms with Crippen molar-refractivity contribution in [1.29, 1.82) is 0 Å². The molecule has 136 valence electrons. The maximum absolute atomic E-state index is 14.3. The monoisotopic (exact) mass is 369 g/mol. The Balaban J connectivity index is 1.94. The number of H-pyrrole nitrogens is 1. The normalized spacial score (nSPS) is 11.3. The molecule has 2 aromatic carbocycles. The Hall–Kier alpha value is -3.35. The van der Waals surface area contributed by atoms with E-state index in [1.165, 1.54) is 0 Å². The number of nitrogens with one attached hydrogen (secondary N) is 1. The Morgan fingerprint density at radius 2 is 1.81 bits per heavy atom. The molecule has 2 aromatic heterocycles. The highest BCUT2D eigenvalue weighted by Crippen LogP contribution is 2.25. The van der Waals surface area contributed by atoms with Gasteiger partial charge in [-0.3, -0.25) is 14.9 Å². The summed E-state index contributed by atoms with van der Waals surface area (Å²) in [5.41, 5.74) is 1.31. The third-order valence-corrected chi connectivity index (χ3v) is 4.58. The van der Waals surface area contributed by atoms with Crippen molar-refractivity contribution in [3.05, 3.63) is 81.5 Å². The molecule has 0 radical (unpaired) electrons. The van der Waals surface area contributed by atoms with Crippen molar-refractivity contribution in [3.63, 3.8) is 0 Å². The van der Waals surface area contributed by atoms with Crippen LogP contribution in [0.4, 0.5) is 13.2 Å². The highest BCUT2D eigenvalue weighted by molar-refractivity contribution is 5.84. The summed E-state index contributed by atoms with van der Waals surface area (Å²) < 4.78 is 42.9. The first-order chi connectivity index (χ1) is 12.9. The fourth-order valence-electron chi connectivity index (χ4n) is 3.06. The molecule has 0 aliphatic rings. The SMILES string of the molecule is Cc1cccnc1-c1ccc2c(=O)n(-c3cc(F)c(C)c(F)c3F)[nH]c2c1. The molecule has 0 amide bonds. The number of fused-ring (bicyclic) bond motifs is 1. The van der Waals surface area contributed by atoms with Crippen molar-refractivity contribution in [1.82, 2.24) is 14.8 Å². The zero-order valence-electron chi connectivity index (χ0n) is 14.5. The molecule has 4 rings (SSSR count). The minimum absolute atomic E-state index is 0.271. The second-order valence-electron chi connectivity index (χ2n) is 6.31. The molecule has 0 saturated heterocycles. The predicted molar refractivity (Wildman–Crippen MR) is 96.5 cm³/mol. The molecular formula is C20H14F3N3O. The van der Waals surface area contributed by atoms with Gasteiger partial charge < -0.3 is 0 Å². The Morgan fingerprint density at radius 3 is 2.56 bits per heavy atom. The minimum atomic E-state index is -1.32. The molecule has 2 heterocycles. The van der Waals surface area contributed by atoms with Crippen LogP contribution in [-0.4, -0.2) is 14.8 Å². The van der Waals surface area contributed by atoms with Crippen molar-refractivity contribution in [2.75, 3.05) is 0 Å². The van der Waals surface area contributed by atoms with Gasteiger partial charge >= 0.3 is 0 Å². The van der Waals surface area contributed by atoms with Crippen LogP contribution >= 0.6 is 0 Å². The number of aromatic amines is 1. The first-order valence-corrected chi connectivity index (χ1v) is 8.19. The van der Waals surface area contributed by atoms with E-state index in [0.29, 0.717) is 5.52 Å². The molecule has 1 N–H and O–H groups in total. The summed E-state index contributed by atoms with van der Waals surface area (Å²) in [6, 6.07) is 9.53. The lowest BCUT2D eigenvalue weighted by molar-refractivity contribution is 0.479. The molecule has 27 heavy (non-hydrogen) atoms. The number of aryl methyl sites for hydroxylation is 1. The minimum Gasteiger partial charge on any atom is -0.290 e. The third-order valence-electron chi connectivity index (χ3n) is 4.58. The number of halogens is 3. The zero-order chi connectivity index (χ0) is 19.3. The van der Waals surface area contributed by atoms with Gasteiger partial charge in [-0.15, -0.1) is 0 Å². The van der Waals surface area contributed by atoms with Crippen LogP contribution in [0.2, 0.25) is 0 Å². The van der Waals surface area contributed by atoms with Crippen LogP contribution in [0, 0.1) is 31.3 Å². The van der Waals surface area contributed by atoms with Gasteiger partial charge in [-0.25, -0.2) is 17.9 Å². The van der Waals surface area contributed by atoms with Crippen molar-refractivity contribution in [2.45, 2.75) is 13.8 Å². The standard InChI is InChI=1S/C20H14F3N3O/c1-10-4-3-7-24-19(10)12-5-6-13-15(8-12)25-26(20(13)27)16-9-14(21)11(2)17(22)18(16)23/h3-9,25H,1-2H3. The Labute approximate surface area is 151 Å². The summed E-state index contributed by atoms with van der Waals surface area (Å²) in [6.07, 6.45) is 1.66. The van der Waals surface area contributed by atoms with Gasteiger partial charge in [0.15, 0.2) is 11.6 Å². The van der Waals surface area contributed by atoms with Gasteiger partial charge in [0.05, 0.1) is 16.6 Å². The number of rotatable bonds is 2. The highest BCUT2D eigenvalue weighted by Gasteiger charge is 2.20. The molecule has 4 aromatic rings. The first-order valence-electron chi connectivity index (χ1n) is 8.19.